The lowest BCUT2D eigenvalue weighted by Crippen LogP contribution is -2.37. The number of amides is 1. The molecule has 1 aliphatic rings. The number of morpholine rings is 1. The Morgan fingerprint density at radius 3 is 2.88 bits per heavy atom. The number of hydrogen-bond donors (Lipinski definition) is 0. The van der Waals surface area contributed by atoms with E-state index in [1.807, 2.05) is 36.4 Å². The highest BCUT2D eigenvalue weighted by molar-refractivity contribution is 5.77. The number of furan rings is 1. The van der Waals surface area contributed by atoms with E-state index in [1.165, 1.54) is 4.90 Å². The van der Waals surface area contributed by atoms with E-state index in [0.717, 1.165) is 36.7 Å². The van der Waals surface area contributed by atoms with Crippen LogP contribution in [0.4, 0.5) is 0 Å². The monoisotopic (exact) mass is 344 g/mol. The van der Waals surface area contributed by atoms with Gasteiger partial charge in [-0.25, -0.2) is 0 Å². The maximum absolute atomic E-state index is 11.8. The van der Waals surface area contributed by atoms with Crippen LogP contribution in [0.2, 0.25) is 0 Å². The molecule has 6 heteroatoms. The molecule has 6 nitrogen and oxygen atoms in total. The number of benzene rings is 1. The molecule has 25 heavy (non-hydrogen) atoms. The molecule has 2 aromatic rings. The van der Waals surface area contributed by atoms with Gasteiger partial charge in [0.1, 0.15) is 17.6 Å². The summed E-state index contributed by atoms with van der Waals surface area (Å²) >= 11 is 0. The molecule has 0 spiro atoms. The number of rotatable bonds is 6. The Hall–Kier alpha value is -2.31. The van der Waals surface area contributed by atoms with Gasteiger partial charge in [-0.15, -0.1) is 0 Å². The second kappa shape index (κ2) is 8.18. The molecule has 1 atom stereocenters. The summed E-state index contributed by atoms with van der Waals surface area (Å²) in [5.74, 6) is 1.55. The second-order valence-corrected chi connectivity index (χ2v) is 6.29. The zero-order valence-electron chi connectivity index (χ0n) is 14.7. The first-order valence-corrected chi connectivity index (χ1v) is 8.41. The fourth-order valence-electron chi connectivity index (χ4n) is 2.78. The van der Waals surface area contributed by atoms with E-state index in [4.69, 9.17) is 13.9 Å². The van der Waals surface area contributed by atoms with Gasteiger partial charge >= 0.3 is 0 Å². The SMILES string of the molecule is CN(C)C(=O)COc1ccccc1CN1CCO[C@H](c2ccco2)C1. The lowest BCUT2D eigenvalue weighted by atomic mass is 10.1. The van der Waals surface area contributed by atoms with Gasteiger partial charge in [0.25, 0.3) is 5.91 Å². The van der Waals surface area contributed by atoms with Gasteiger partial charge in [-0.1, -0.05) is 18.2 Å². The van der Waals surface area contributed by atoms with E-state index in [0.29, 0.717) is 6.61 Å². The first-order valence-electron chi connectivity index (χ1n) is 8.41. The first kappa shape index (κ1) is 17.5. The van der Waals surface area contributed by atoms with Crippen LogP contribution < -0.4 is 4.74 Å². The zero-order chi connectivity index (χ0) is 17.6. The predicted octanol–water partition coefficient (Wildman–Crippen LogP) is 2.32. The van der Waals surface area contributed by atoms with Crippen molar-refractivity contribution < 1.29 is 18.7 Å². The summed E-state index contributed by atoms with van der Waals surface area (Å²) in [6.45, 7) is 3.06. The van der Waals surface area contributed by atoms with E-state index in [9.17, 15) is 4.79 Å². The van der Waals surface area contributed by atoms with Crippen molar-refractivity contribution in [1.82, 2.24) is 9.80 Å². The van der Waals surface area contributed by atoms with Gasteiger partial charge in [-0.3, -0.25) is 9.69 Å². The number of nitrogens with zero attached hydrogens (tertiary/aromatic N) is 2. The highest BCUT2D eigenvalue weighted by atomic mass is 16.5. The molecule has 1 aliphatic heterocycles. The first-order chi connectivity index (χ1) is 12.1. The smallest absolute Gasteiger partial charge is 0.259 e. The van der Waals surface area contributed by atoms with Gasteiger partial charge in [0, 0.05) is 39.3 Å². The highest BCUT2D eigenvalue weighted by Crippen LogP contribution is 2.26. The van der Waals surface area contributed by atoms with Gasteiger partial charge in [0.2, 0.25) is 0 Å². The summed E-state index contributed by atoms with van der Waals surface area (Å²) in [6.07, 6.45) is 1.62. The Balaban J connectivity index is 1.63. The summed E-state index contributed by atoms with van der Waals surface area (Å²) in [7, 11) is 3.44. The lowest BCUT2D eigenvalue weighted by molar-refractivity contribution is -0.130. The average Bonchev–Trinajstić information content (AvgIpc) is 3.15. The summed E-state index contributed by atoms with van der Waals surface area (Å²) in [6, 6.07) is 11.7. The van der Waals surface area contributed by atoms with E-state index >= 15 is 0 Å². The topological polar surface area (TPSA) is 55.2 Å². The summed E-state index contributed by atoms with van der Waals surface area (Å²) < 4.78 is 17.0. The third-order valence-electron chi connectivity index (χ3n) is 4.23. The molecule has 0 unspecified atom stereocenters. The lowest BCUT2D eigenvalue weighted by Gasteiger charge is -2.32. The molecular weight excluding hydrogens is 320 g/mol. The van der Waals surface area contributed by atoms with Crippen LogP contribution in [0.5, 0.6) is 5.75 Å². The highest BCUT2D eigenvalue weighted by Gasteiger charge is 2.24. The Morgan fingerprint density at radius 1 is 1.28 bits per heavy atom. The number of para-hydroxylation sites is 1. The molecular formula is C19H24N2O4. The van der Waals surface area contributed by atoms with Crippen LogP contribution in [0.25, 0.3) is 0 Å². The Bertz CT molecular complexity index is 684. The third-order valence-corrected chi connectivity index (χ3v) is 4.23. The molecule has 2 heterocycles. The van der Waals surface area contributed by atoms with Crippen molar-refractivity contribution in [2.75, 3.05) is 40.4 Å². The Kier molecular flexibility index (Phi) is 5.73. The molecule has 1 amide bonds. The van der Waals surface area contributed by atoms with Crippen LogP contribution >= 0.6 is 0 Å². The molecule has 1 fully saturated rings. The average molecular weight is 344 g/mol. The maximum atomic E-state index is 11.8. The van der Waals surface area contributed by atoms with Crippen LogP contribution in [0.3, 0.4) is 0 Å². The fraction of sp³-hybridized carbons (Fsp3) is 0.421. The van der Waals surface area contributed by atoms with E-state index in [1.54, 1.807) is 20.4 Å². The van der Waals surface area contributed by atoms with Crippen molar-refractivity contribution in [1.29, 1.82) is 0 Å². The normalized spacial score (nSPS) is 18.1. The fourth-order valence-corrected chi connectivity index (χ4v) is 2.78. The molecule has 1 aromatic carbocycles. The zero-order valence-corrected chi connectivity index (χ0v) is 14.7. The van der Waals surface area contributed by atoms with E-state index in [-0.39, 0.29) is 18.6 Å². The molecule has 3 rings (SSSR count). The molecule has 1 saturated heterocycles. The summed E-state index contributed by atoms with van der Waals surface area (Å²) in [4.78, 5) is 15.6. The number of ether oxygens (including phenoxy) is 2. The minimum absolute atomic E-state index is 0.0438. The Labute approximate surface area is 147 Å². The van der Waals surface area contributed by atoms with Gasteiger partial charge in [-0.2, -0.15) is 0 Å². The summed E-state index contributed by atoms with van der Waals surface area (Å²) in [5, 5.41) is 0. The van der Waals surface area contributed by atoms with Crippen LogP contribution in [0.15, 0.2) is 47.1 Å². The van der Waals surface area contributed by atoms with Crippen molar-refractivity contribution >= 4 is 5.91 Å². The Morgan fingerprint density at radius 2 is 2.12 bits per heavy atom. The van der Waals surface area contributed by atoms with E-state index < -0.39 is 0 Å². The minimum Gasteiger partial charge on any atom is -0.483 e. The van der Waals surface area contributed by atoms with Crippen LogP contribution in [-0.4, -0.2) is 56.1 Å². The van der Waals surface area contributed by atoms with Gasteiger partial charge in [-0.05, 0) is 18.2 Å². The van der Waals surface area contributed by atoms with Crippen molar-refractivity contribution in [2.24, 2.45) is 0 Å². The van der Waals surface area contributed by atoms with Crippen LogP contribution in [0, 0.1) is 0 Å². The van der Waals surface area contributed by atoms with Gasteiger partial charge in [0.15, 0.2) is 6.61 Å². The molecule has 0 bridgehead atoms. The molecule has 1 aromatic heterocycles. The molecule has 134 valence electrons. The van der Waals surface area contributed by atoms with Crippen molar-refractivity contribution in [3.8, 4) is 5.75 Å². The maximum Gasteiger partial charge on any atom is 0.259 e. The molecule has 0 aliphatic carbocycles. The quantitative estimate of drug-likeness (QED) is 0.805. The molecule has 0 radical (unpaired) electrons. The predicted molar refractivity (Wildman–Crippen MR) is 93.3 cm³/mol. The standard InChI is InChI=1S/C19H24N2O4/c1-20(2)19(22)14-25-16-7-4-3-6-15(16)12-21-9-11-24-18(13-21)17-8-5-10-23-17/h3-8,10,18H,9,11-14H2,1-2H3/t18-/m0/s1. The largest absolute Gasteiger partial charge is 0.483 e. The third kappa shape index (κ3) is 4.61. The number of hydrogen-bond acceptors (Lipinski definition) is 5. The molecule has 0 saturated carbocycles. The van der Waals surface area contributed by atoms with Gasteiger partial charge < -0.3 is 18.8 Å². The van der Waals surface area contributed by atoms with Crippen molar-refractivity contribution in [3.63, 3.8) is 0 Å². The summed E-state index contributed by atoms with van der Waals surface area (Å²) in [5.41, 5.74) is 1.06. The van der Waals surface area contributed by atoms with Crippen molar-refractivity contribution in [2.45, 2.75) is 12.6 Å². The number of carbonyl (C=O) groups excluding carboxylic acids is 1. The van der Waals surface area contributed by atoms with Crippen LogP contribution in [-0.2, 0) is 16.1 Å². The second-order valence-electron chi connectivity index (χ2n) is 6.29. The number of carbonyl (C=O) groups is 1. The van der Waals surface area contributed by atoms with Crippen LogP contribution in [0.1, 0.15) is 17.4 Å². The van der Waals surface area contributed by atoms with E-state index in [2.05, 4.69) is 4.90 Å². The molecule has 0 N–H and O–H groups in total. The minimum atomic E-state index is -0.0564. The van der Waals surface area contributed by atoms with Crippen molar-refractivity contribution in [3.05, 3.63) is 54.0 Å². The van der Waals surface area contributed by atoms with Gasteiger partial charge in [0.05, 0.1) is 12.9 Å². The number of likely N-dealkylation sites (N-methyl/N-ethyl adjacent to an activating group) is 1.